The van der Waals surface area contributed by atoms with E-state index in [4.69, 9.17) is 0 Å². The van der Waals surface area contributed by atoms with Crippen LogP contribution in [0.4, 0.5) is 0 Å². The van der Waals surface area contributed by atoms with Crippen molar-refractivity contribution in [3.05, 3.63) is 16.1 Å². The monoisotopic (exact) mass is 263 g/mol. The summed E-state index contributed by atoms with van der Waals surface area (Å²) in [5.74, 6) is 0.433. The van der Waals surface area contributed by atoms with E-state index in [0.717, 1.165) is 10.6 Å². The average molecular weight is 263 g/mol. The largest absolute Gasteiger partial charge is 0.339 e. The highest BCUT2D eigenvalue weighted by molar-refractivity contribution is 7.09. The van der Waals surface area contributed by atoms with Gasteiger partial charge in [-0.15, -0.1) is 11.3 Å². The third kappa shape index (κ3) is 2.13. The number of carbonyl (C=O) groups is 1. The number of hydrogen-bond donors (Lipinski definition) is 0. The molecular weight excluding hydrogens is 246 g/mol. The molecule has 0 aromatic carbocycles. The maximum absolute atomic E-state index is 12.3. The van der Waals surface area contributed by atoms with Crippen LogP contribution in [0.1, 0.15) is 30.3 Å². The molecule has 0 N–H and O–H groups in total. The molecule has 1 heterocycles. The average Bonchev–Trinajstić information content (AvgIpc) is 2.69. The molecular formula is C13H17N3OS. The standard InChI is InChI=1S/C13H17N3OS/c1-9-4-13(5-9,7-14)12(17)16(3)6-11-10(2)15-8-18-11/h8-9H,4-6H2,1-3H3. The minimum Gasteiger partial charge on any atom is -0.339 e. The molecule has 1 amide bonds. The molecule has 0 radical (unpaired) electrons. The predicted molar refractivity (Wildman–Crippen MR) is 69.8 cm³/mol. The van der Waals surface area contributed by atoms with Gasteiger partial charge in [0.25, 0.3) is 0 Å². The number of aromatic nitrogens is 1. The van der Waals surface area contributed by atoms with Gasteiger partial charge < -0.3 is 4.90 Å². The molecule has 0 unspecified atom stereocenters. The van der Waals surface area contributed by atoms with Crippen LogP contribution in [0.2, 0.25) is 0 Å². The van der Waals surface area contributed by atoms with Crippen LogP contribution in [0.25, 0.3) is 0 Å². The van der Waals surface area contributed by atoms with E-state index in [1.54, 1.807) is 28.8 Å². The number of rotatable bonds is 3. The lowest BCUT2D eigenvalue weighted by Gasteiger charge is -2.41. The molecule has 18 heavy (non-hydrogen) atoms. The van der Waals surface area contributed by atoms with E-state index < -0.39 is 5.41 Å². The molecule has 0 aliphatic heterocycles. The van der Waals surface area contributed by atoms with Gasteiger partial charge in [-0.1, -0.05) is 6.92 Å². The minimum atomic E-state index is -0.771. The first-order chi connectivity index (χ1) is 8.48. The van der Waals surface area contributed by atoms with Gasteiger partial charge in [0, 0.05) is 11.9 Å². The summed E-state index contributed by atoms with van der Waals surface area (Å²) in [7, 11) is 1.77. The molecule has 4 nitrogen and oxygen atoms in total. The second-order valence-corrected chi connectivity index (χ2v) is 6.17. The lowest BCUT2D eigenvalue weighted by Crippen LogP contribution is -2.48. The van der Waals surface area contributed by atoms with E-state index >= 15 is 0 Å². The maximum atomic E-state index is 12.3. The Kier molecular flexibility index (Phi) is 3.40. The Morgan fingerprint density at radius 2 is 2.39 bits per heavy atom. The first kappa shape index (κ1) is 13.0. The molecule has 96 valence electrons. The Morgan fingerprint density at radius 1 is 1.72 bits per heavy atom. The quantitative estimate of drug-likeness (QED) is 0.841. The van der Waals surface area contributed by atoms with Gasteiger partial charge in [0.2, 0.25) is 5.91 Å². The third-order valence-electron chi connectivity index (χ3n) is 3.59. The molecule has 0 spiro atoms. The van der Waals surface area contributed by atoms with Crippen LogP contribution in [0.5, 0.6) is 0 Å². The van der Waals surface area contributed by atoms with Gasteiger partial charge >= 0.3 is 0 Å². The van der Waals surface area contributed by atoms with Gasteiger partial charge in [0.05, 0.1) is 23.8 Å². The zero-order valence-corrected chi connectivity index (χ0v) is 11.8. The molecule has 1 saturated carbocycles. The summed E-state index contributed by atoms with van der Waals surface area (Å²) in [5.41, 5.74) is 1.98. The SMILES string of the molecule is Cc1ncsc1CN(C)C(=O)C1(C#N)CC(C)C1. The topological polar surface area (TPSA) is 57.0 Å². The van der Waals surface area contributed by atoms with Crippen LogP contribution in [0.3, 0.4) is 0 Å². The van der Waals surface area contributed by atoms with Crippen LogP contribution in [0, 0.1) is 29.6 Å². The summed E-state index contributed by atoms with van der Waals surface area (Å²) in [6, 6.07) is 2.22. The third-order valence-corrected chi connectivity index (χ3v) is 4.51. The minimum absolute atomic E-state index is 0.0455. The summed E-state index contributed by atoms with van der Waals surface area (Å²) < 4.78 is 0. The fourth-order valence-corrected chi connectivity index (χ4v) is 3.40. The summed E-state index contributed by atoms with van der Waals surface area (Å²) >= 11 is 1.55. The molecule has 2 rings (SSSR count). The molecule has 0 atom stereocenters. The molecule has 0 saturated heterocycles. The van der Waals surface area contributed by atoms with E-state index in [1.165, 1.54) is 0 Å². The van der Waals surface area contributed by atoms with Crippen molar-refractivity contribution in [1.29, 1.82) is 5.26 Å². The second-order valence-electron chi connectivity index (χ2n) is 5.23. The number of nitriles is 1. The second kappa shape index (κ2) is 4.69. The Bertz CT molecular complexity index is 497. The van der Waals surface area contributed by atoms with Crippen molar-refractivity contribution in [1.82, 2.24) is 9.88 Å². The Morgan fingerprint density at radius 3 is 2.83 bits per heavy atom. The lowest BCUT2D eigenvalue weighted by atomic mass is 9.63. The zero-order valence-electron chi connectivity index (χ0n) is 10.9. The fourth-order valence-electron chi connectivity index (χ4n) is 2.57. The highest BCUT2D eigenvalue weighted by atomic mass is 32.1. The van der Waals surface area contributed by atoms with E-state index in [0.29, 0.717) is 25.3 Å². The predicted octanol–water partition coefficient (Wildman–Crippen LogP) is 2.35. The molecule has 1 aliphatic carbocycles. The first-order valence-corrected chi connectivity index (χ1v) is 6.92. The van der Waals surface area contributed by atoms with Gasteiger partial charge in [-0.25, -0.2) is 4.98 Å². The van der Waals surface area contributed by atoms with Gasteiger partial charge in [-0.3, -0.25) is 4.79 Å². The number of carbonyl (C=O) groups excluding carboxylic acids is 1. The number of nitrogens with zero attached hydrogens (tertiary/aromatic N) is 3. The highest BCUT2D eigenvalue weighted by Gasteiger charge is 2.50. The molecule has 1 aromatic rings. The van der Waals surface area contributed by atoms with E-state index in [1.807, 2.05) is 6.92 Å². The molecule has 1 aromatic heterocycles. The Labute approximate surface area is 111 Å². The van der Waals surface area contributed by atoms with Crippen molar-refractivity contribution in [3.8, 4) is 6.07 Å². The molecule has 1 aliphatic rings. The van der Waals surface area contributed by atoms with Crippen molar-refractivity contribution >= 4 is 17.2 Å². The Balaban J connectivity index is 2.06. The summed E-state index contributed by atoms with van der Waals surface area (Å²) in [5, 5.41) is 9.25. The van der Waals surface area contributed by atoms with Gasteiger partial charge in [-0.2, -0.15) is 5.26 Å². The first-order valence-electron chi connectivity index (χ1n) is 6.04. The summed E-state index contributed by atoms with van der Waals surface area (Å²) in [6.45, 7) is 4.57. The highest BCUT2D eigenvalue weighted by Crippen LogP contribution is 2.46. The van der Waals surface area contributed by atoms with Gasteiger partial charge in [0.1, 0.15) is 5.41 Å². The van der Waals surface area contributed by atoms with Crippen molar-refractivity contribution in [2.45, 2.75) is 33.2 Å². The van der Waals surface area contributed by atoms with Crippen molar-refractivity contribution in [2.24, 2.45) is 11.3 Å². The van der Waals surface area contributed by atoms with Gasteiger partial charge in [0.15, 0.2) is 0 Å². The van der Waals surface area contributed by atoms with Gasteiger partial charge in [-0.05, 0) is 25.7 Å². The smallest absolute Gasteiger partial charge is 0.243 e. The number of thiazole rings is 1. The Hall–Kier alpha value is -1.41. The molecule has 5 heteroatoms. The maximum Gasteiger partial charge on any atom is 0.243 e. The van der Waals surface area contributed by atoms with E-state index in [2.05, 4.69) is 18.0 Å². The van der Waals surface area contributed by atoms with Crippen molar-refractivity contribution in [2.75, 3.05) is 7.05 Å². The van der Waals surface area contributed by atoms with Crippen LogP contribution in [0.15, 0.2) is 5.51 Å². The van der Waals surface area contributed by atoms with Crippen molar-refractivity contribution < 1.29 is 4.79 Å². The molecule has 1 fully saturated rings. The van der Waals surface area contributed by atoms with Crippen LogP contribution in [-0.2, 0) is 11.3 Å². The van der Waals surface area contributed by atoms with E-state index in [9.17, 15) is 10.1 Å². The molecule has 0 bridgehead atoms. The van der Waals surface area contributed by atoms with Crippen molar-refractivity contribution in [3.63, 3.8) is 0 Å². The van der Waals surface area contributed by atoms with Crippen LogP contribution >= 0.6 is 11.3 Å². The lowest BCUT2D eigenvalue weighted by molar-refractivity contribution is -0.144. The number of hydrogen-bond acceptors (Lipinski definition) is 4. The normalized spacial score (nSPS) is 26.2. The summed E-state index contributed by atoms with van der Waals surface area (Å²) in [4.78, 5) is 19.3. The number of amides is 1. The number of aryl methyl sites for hydroxylation is 1. The van der Waals surface area contributed by atoms with Crippen LogP contribution < -0.4 is 0 Å². The van der Waals surface area contributed by atoms with E-state index in [-0.39, 0.29) is 5.91 Å². The zero-order chi connectivity index (χ0) is 13.3. The fraction of sp³-hybridized carbons (Fsp3) is 0.615. The van der Waals surface area contributed by atoms with Crippen LogP contribution in [-0.4, -0.2) is 22.8 Å². The summed E-state index contributed by atoms with van der Waals surface area (Å²) in [6.07, 6.45) is 1.38.